The van der Waals surface area contributed by atoms with E-state index in [2.05, 4.69) is 85.1 Å². The smallest absolute Gasteiger partial charge is 0.00757 e. The van der Waals surface area contributed by atoms with Crippen LogP contribution in [0.15, 0.2) is 83.8 Å². The van der Waals surface area contributed by atoms with Gasteiger partial charge >= 0.3 is 0 Å². The first-order chi connectivity index (χ1) is 14.8. The molecule has 0 N–H and O–H groups in total. The van der Waals surface area contributed by atoms with E-state index in [1.54, 1.807) is 0 Å². The summed E-state index contributed by atoms with van der Waals surface area (Å²) >= 11 is 1.82. The summed E-state index contributed by atoms with van der Waals surface area (Å²) in [5.41, 5.74) is 0. The van der Waals surface area contributed by atoms with Gasteiger partial charge in [-0.3, -0.25) is 0 Å². The minimum Gasteiger partial charge on any atom is -0.130 e. The standard InChI is InChI=1S/C29H16S/c1-30-19-10-6-15-7-11-20-21-12-8-17-4-2-16-3-5-18-9-13-22(27(20)23(15)14-19)29-26(18)24(16)25(17)28(21)29/h2-14H,1H3. The Morgan fingerprint density at radius 3 is 1.53 bits per heavy atom. The van der Waals surface area contributed by atoms with Gasteiger partial charge < -0.3 is 0 Å². The highest BCUT2D eigenvalue weighted by Gasteiger charge is 2.22. The van der Waals surface area contributed by atoms with E-state index in [1.165, 1.54) is 80.3 Å². The third-order valence-corrected chi connectivity index (χ3v) is 7.91. The molecule has 1 heteroatoms. The molecule has 0 aliphatic rings. The topological polar surface area (TPSA) is 0 Å². The molecule has 0 fully saturated rings. The van der Waals surface area contributed by atoms with E-state index in [-0.39, 0.29) is 0 Å². The van der Waals surface area contributed by atoms with Crippen molar-refractivity contribution in [3.05, 3.63) is 78.9 Å². The second-order valence-corrected chi connectivity index (χ2v) is 9.36. The molecule has 138 valence electrons. The van der Waals surface area contributed by atoms with Gasteiger partial charge in [0, 0.05) is 4.90 Å². The van der Waals surface area contributed by atoms with Crippen LogP contribution in [0.5, 0.6) is 0 Å². The Kier molecular flexibility index (Phi) is 2.62. The van der Waals surface area contributed by atoms with Crippen LogP contribution < -0.4 is 0 Å². The van der Waals surface area contributed by atoms with Crippen LogP contribution in [0.1, 0.15) is 0 Å². The van der Waals surface area contributed by atoms with Crippen LogP contribution in [0.4, 0.5) is 0 Å². The van der Waals surface area contributed by atoms with Crippen molar-refractivity contribution in [1.29, 1.82) is 0 Å². The fraction of sp³-hybridized carbons (Fsp3) is 0.0345. The van der Waals surface area contributed by atoms with Gasteiger partial charge in [-0.2, -0.15) is 0 Å². The number of fused-ring (bicyclic) bond motifs is 5. The van der Waals surface area contributed by atoms with Gasteiger partial charge in [0.05, 0.1) is 0 Å². The summed E-state index contributed by atoms with van der Waals surface area (Å²) in [6.45, 7) is 0. The molecule has 8 aromatic rings. The van der Waals surface area contributed by atoms with Crippen LogP contribution in [-0.2, 0) is 0 Å². The lowest BCUT2D eigenvalue weighted by atomic mass is 9.90. The molecule has 0 unspecified atom stereocenters. The number of rotatable bonds is 1. The van der Waals surface area contributed by atoms with E-state index in [0.717, 1.165) is 0 Å². The van der Waals surface area contributed by atoms with Gasteiger partial charge in [0.1, 0.15) is 0 Å². The van der Waals surface area contributed by atoms with Crippen molar-refractivity contribution < 1.29 is 0 Å². The van der Waals surface area contributed by atoms with E-state index in [4.69, 9.17) is 0 Å². The summed E-state index contributed by atoms with van der Waals surface area (Å²) in [6.07, 6.45) is 2.16. The first-order valence-corrected chi connectivity index (χ1v) is 11.6. The van der Waals surface area contributed by atoms with Crippen LogP contribution in [-0.4, -0.2) is 6.26 Å². The average Bonchev–Trinajstić information content (AvgIpc) is 3.17. The van der Waals surface area contributed by atoms with Crippen molar-refractivity contribution >= 4 is 87.2 Å². The van der Waals surface area contributed by atoms with Crippen molar-refractivity contribution in [3.8, 4) is 0 Å². The fourth-order valence-corrected chi connectivity index (χ4v) is 6.38. The van der Waals surface area contributed by atoms with Crippen LogP contribution >= 0.6 is 11.8 Å². The third-order valence-electron chi connectivity index (χ3n) is 7.19. The van der Waals surface area contributed by atoms with E-state index in [9.17, 15) is 0 Å². The summed E-state index contributed by atoms with van der Waals surface area (Å²) in [7, 11) is 0. The predicted octanol–water partition coefficient (Wildman–Crippen LogP) is 8.79. The second-order valence-electron chi connectivity index (χ2n) is 8.48. The second kappa shape index (κ2) is 5.06. The van der Waals surface area contributed by atoms with E-state index in [0.29, 0.717) is 0 Å². The van der Waals surface area contributed by atoms with E-state index >= 15 is 0 Å². The highest BCUT2D eigenvalue weighted by molar-refractivity contribution is 7.98. The molecule has 0 atom stereocenters. The summed E-state index contributed by atoms with van der Waals surface area (Å²) in [6, 6.07) is 30.0. The van der Waals surface area contributed by atoms with Crippen LogP contribution in [0.3, 0.4) is 0 Å². The molecule has 0 aromatic heterocycles. The molecule has 30 heavy (non-hydrogen) atoms. The van der Waals surface area contributed by atoms with Crippen LogP contribution in [0.25, 0.3) is 75.4 Å². The Balaban J connectivity index is 1.82. The van der Waals surface area contributed by atoms with Crippen LogP contribution in [0.2, 0.25) is 0 Å². The first kappa shape index (κ1) is 15.5. The minimum atomic E-state index is 1.32. The predicted molar refractivity (Wildman–Crippen MR) is 134 cm³/mol. The molecule has 0 radical (unpaired) electrons. The summed E-state index contributed by atoms with van der Waals surface area (Å²) in [5.74, 6) is 0. The molecule has 0 aliphatic carbocycles. The zero-order valence-corrected chi connectivity index (χ0v) is 17.2. The van der Waals surface area contributed by atoms with Crippen molar-refractivity contribution in [3.63, 3.8) is 0 Å². The van der Waals surface area contributed by atoms with Gasteiger partial charge in [-0.25, -0.2) is 0 Å². The average molecular weight is 397 g/mol. The number of hydrogen-bond donors (Lipinski definition) is 0. The van der Waals surface area contributed by atoms with Gasteiger partial charge in [-0.05, 0) is 93.8 Å². The molecule has 0 bridgehead atoms. The van der Waals surface area contributed by atoms with Crippen LogP contribution in [0, 0.1) is 0 Å². The van der Waals surface area contributed by atoms with E-state index < -0.39 is 0 Å². The number of benzene rings is 7. The molecule has 0 saturated carbocycles. The zero-order chi connectivity index (χ0) is 19.6. The Morgan fingerprint density at radius 2 is 0.867 bits per heavy atom. The maximum absolute atomic E-state index is 2.38. The monoisotopic (exact) mass is 396 g/mol. The highest BCUT2D eigenvalue weighted by atomic mass is 32.2. The van der Waals surface area contributed by atoms with Crippen molar-refractivity contribution in [1.82, 2.24) is 0 Å². The molecule has 8 rings (SSSR count). The van der Waals surface area contributed by atoms with Crippen molar-refractivity contribution in [2.45, 2.75) is 4.90 Å². The highest BCUT2D eigenvalue weighted by Crippen LogP contribution is 2.51. The lowest BCUT2D eigenvalue weighted by Crippen LogP contribution is -1.85. The maximum Gasteiger partial charge on any atom is 0.00757 e. The van der Waals surface area contributed by atoms with Gasteiger partial charge in [-0.15, -0.1) is 11.8 Å². The lowest BCUT2D eigenvalue weighted by molar-refractivity contribution is 1.52. The SMILES string of the molecule is CSc1ccc2ccc3c4ccc5ccc6ccc7ccc(c3c2c1)c1c7c6c5c41. The fourth-order valence-electron chi connectivity index (χ4n) is 5.94. The Bertz CT molecular complexity index is 1920. The minimum absolute atomic E-state index is 1.32. The number of thioether (sulfide) groups is 1. The normalized spacial score (nSPS) is 13.0. The maximum atomic E-state index is 2.38. The molecular weight excluding hydrogens is 380 g/mol. The largest absolute Gasteiger partial charge is 0.130 e. The lowest BCUT2D eigenvalue weighted by Gasteiger charge is -2.13. The summed E-state index contributed by atoms with van der Waals surface area (Å²) < 4.78 is 0. The molecule has 0 aliphatic heterocycles. The quantitative estimate of drug-likeness (QED) is 0.197. The van der Waals surface area contributed by atoms with Gasteiger partial charge in [0.25, 0.3) is 0 Å². The number of hydrogen-bond acceptors (Lipinski definition) is 1. The van der Waals surface area contributed by atoms with Gasteiger partial charge in [-0.1, -0.05) is 66.7 Å². The van der Waals surface area contributed by atoms with Gasteiger partial charge in [0.2, 0.25) is 0 Å². The summed E-state index contributed by atoms with van der Waals surface area (Å²) in [5, 5.41) is 19.5. The molecule has 0 spiro atoms. The van der Waals surface area contributed by atoms with E-state index in [1.807, 2.05) is 11.8 Å². The first-order valence-electron chi connectivity index (χ1n) is 10.4. The zero-order valence-electron chi connectivity index (χ0n) is 16.4. The molecular formula is C29H16S. The van der Waals surface area contributed by atoms with Crippen molar-refractivity contribution in [2.24, 2.45) is 0 Å². The van der Waals surface area contributed by atoms with Crippen molar-refractivity contribution in [2.75, 3.05) is 6.26 Å². The third kappa shape index (κ3) is 1.62. The Morgan fingerprint density at radius 1 is 0.400 bits per heavy atom. The molecule has 0 saturated heterocycles. The molecule has 8 aromatic carbocycles. The summed E-state index contributed by atoms with van der Waals surface area (Å²) in [4.78, 5) is 1.32. The Hall–Kier alpha value is -3.29. The Labute approximate surface area is 177 Å². The molecule has 0 nitrogen and oxygen atoms in total. The molecule has 0 amide bonds. The van der Waals surface area contributed by atoms with Gasteiger partial charge in [0.15, 0.2) is 0 Å². The molecule has 0 heterocycles.